The molecule has 1 aliphatic heterocycles. The van der Waals surface area contributed by atoms with Crippen molar-refractivity contribution in [1.82, 2.24) is 0 Å². The standard InChI is InChI=1S/C22H22S/c1-22(2,3)21-17-13-12-15-8-4-5-9-16(15)19(17)14-23-20-11-7-6-10-18(20)21/h4-13,21H,14H2,1-3H3. The summed E-state index contributed by atoms with van der Waals surface area (Å²) in [5, 5.41) is 2.77. The fraction of sp³-hybridized carbons (Fsp3) is 0.273. The predicted molar refractivity (Wildman–Crippen MR) is 101 cm³/mol. The molecule has 1 heterocycles. The fourth-order valence-corrected chi connectivity index (χ4v) is 5.03. The molecule has 0 radical (unpaired) electrons. The number of fused-ring (bicyclic) bond motifs is 4. The zero-order valence-corrected chi connectivity index (χ0v) is 14.8. The molecule has 0 bridgehead atoms. The van der Waals surface area contributed by atoms with Crippen LogP contribution in [0.4, 0.5) is 0 Å². The third-order valence-electron chi connectivity index (χ3n) is 4.86. The molecule has 0 fully saturated rings. The topological polar surface area (TPSA) is 0 Å². The van der Waals surface area contributed by atoms with Crippen LogP contribution in [0, 0.1) is 5.41 Å². The SMILES string of the molecule is CC(C)(C)C1c2ccccc2SCc2c1ccc1ccccc21. The second-order valence-corrected chi connectivity index (χ2v) is 8.50. The molecule has 23 heavy (non-hydrogen) atoms. The van der Waals surface area contributed by atoms with Gasteiger partial charge in [-0.15, -0.1) is 11.8 Å². The first-order chi connectivity index (χ1) is 11.1. The molecule has 0 saturated heterocycles. The lowest BCUT2D eigenvalue weighted by Gasteiger charge is -2.33. The average Bonchev–Trinajstić information content (AvgIpc) is 2.71. The summed E-state index contributed by atoms with van der Waals surface area (Å²) in [4.78, 5) is 1.44. The van der Waals surface area contributed by atoms with E-state index >= 15 is 0 Å². The minimum absolute atomic E-state index is 0.193. The number of hydrogen-bond acceptors (Lipinski definition) is 1. The van der Waals surface area contributed by atoms with Gasteiger partial charge in [-0.05, 0) is 38.9 Å². The zero-order valence-electron chi connectivity index (χ0n) is 14.0. The van der Waals surface area contributed by atoms with Gasteiger partial charge in [0.25, 0.3) is 0 Å². The van der Waals surface area contributed by atoms with Gasteiger partial charge in [0.1, 0.15) is 0 Å². The molecule has 1 aliphatic rings. The minimum Gasteiger partial charge on any atom is -0.121 e. The van der Waals surface area contributed by atoms with Crippen molar-refractivity contribution in [3.8, 4) is 0 Å². The number of rotatable bonds is 0. The van der Waals surface area contributed by atoms with Gasteiger partial charge < -0.3 is 0 Å². The van der Waals surface area contributed by atoms with E-state index in [-0.39, 0.29) is 5.41 Å². The van der Waals surface area contributed by atoms with Crippen molar-refractivity contribution in [2.45, 2.75) is 37.3 Å². The fourth-order valence-electron chi connectivity index (χ4n) is 3.89. The van der Waals surface area contributed by atoms with Gasteiger partial charge in [-0.2, -0.15) is 0 Å². The lowest BCUT2D eigenvalue weighted by Crippen LogP contribution is -2.20. The van der Waals surface area contributed by atoms with Crippen LogP contribution in [0.1, 0.15) is 43.4 Å². The third kappa shape index (κ3) is 2.48. The smallest absolute Gasteiger partial charge is 0.0241 e. The molecule has 116 valence electrons. The van der Waals surface area contributed by atoms with E-state index < -0.39 is 0 Å². The van der Waals surface area contributed by atoms with Crippen LogP contribution in [0.2, 0.25) is 0 Å². The lowest BCUT2D eigenvalue weighted by atomic mass is 9.71. The molecule has 0 N–H and O–H groups in total. The normalized spacial score (nSPS) is 17.4. The summed E-state index contributed by atoms with van der Waals surface area (Å²) in [6.45, 7) is 7.09. The van der Waals surface area contributed by atoms with E-state index in [4.69, 9.17) is 0 Å². The van der Waals surface area contributed by atoms with Crippen LogP contribution in [-0.4, -0.2) is 0 Å². The van der Waals surface area contributed by atoms with E-state index in [2.05, 4.69) is 81.4 Å². The Kier molecular flexibility index (Phi) is 3.50. The van der Waals surface area contributed by atoms with Crippen LogP contribution in [0.25, 0.3) is 10.8 Å². The van der Waals surface area contributed by atoms with Gasteiger partial charge in [0.15, 0.2) is 0 Å². The maximum atomic E-state index is 2.37. The summed E-state index contributed by atoms with van der Waals surface area (Å²) >= 11 is 1.99. The molecule has 1 atom stereocenters. The molecular formula is C22H22S. The monoisotopic (exact) mass is 318 g/mol. The largest absolute Gasteiger partial charge is 0.121 e. The van der Waals surface area contributed by atoms with E-state index in [0.29, 0.717) is 5.92 Å². The van der Waals surface area contributed by atoms with Crippen LogP contribution in [0.5, 0.6) is 0 Å². The van der Waals surface area contributed by atoms with Crippen molar-refractivity contribution >= 4 is 22.5 Å². The highest BCUT2D eigenvalue weighted by Crippen LogP contribution is 2.49. The predicted octanol–water partition coefficient (Wildman–Crippen LogP) is 6.62. The highest BCUT2D eigenvalue weighted by molar-refractivity contribution is 7.98. The van der Waals surface area contributed by atoms with Crippen molar-refractivity contribution in [2.75, 3.05) is 0 Å². The Hall–Kier alpha value is -1.73. The minimum atomic E-state index is 0.193. The number of hydrogen-bond donors (Lipinski definition) is 0. The third-order valence-corrected chi connectivity index (χ3v) is 5.97. The first-order valence-electron chi connectivity index (χ1n) is 8.28. The molecule has 0 aromatic heterocycles. The van der Waals surface area contributed by atoms with Crippen LogP contribution in [-0.2, 0) is 5.75 Å². The Morgan fingerprint density at radius 1 is 0.826 bits per heavy atom. The van der Waals surface area contributed by atoms with Crippen LogP contribution >= 0.6 is 11.8 Å². The lowest BCUT2D eigenvalue weighted by molar-refractivity contribution is 0.355. The molecule has 0 nitrogen and oxygen atoms in total. The van der Waals surface area contributed by atoms with E-state index in [0.717, 1.165) is 5.75 Å². The maximum absolute atomic E-state index is 2.37. The first kappa shape index (κ1) is 14.8. The van der Waals surface area contributed by atoms with Crippen molar-refractivity contribution < 1.29 is 0 Å². The molecule has 3 aromatic rings. The van der Waals surface area contributed by atoms with Gasteiger partial charge in [-0.1, -0.05) is 75.4 Å². The molecule has 1 heteroatoms. The summed E-state index contributed by atoms with van der Waals surface area (Å²) in [5.74, 6) is 1.49. The van der Waals surface area contributed by atoms with Crippen LogP contribution < -0.4 is 0 Å². The molecular weight excluding hydrogens is 296 g/mol. The number of thioether (sulfide) groups is 1. The second kappa shape index (κ2) is 5.42. The van der Waals surface area contributed by atoms with Gasteiger partial charge in [0, 0.05) is 16.6 Å². The molecule has 0 saturated carbocycles. The maximum Gasteiger partial charge on any atom is 0.0241 e. The van der Waals surface area contributed by atoms with Crippen molar-refractivity contribution in [1.29, 1.82) is 0 Å². The molecule has 0 amide bonds. The Labute approximate surface area is 142 Å². The van der Waals surface area contributed by atoms with E-state index in [1.165, 1.54) is 32.4 Å². The summed E-state index contributed by atoms with van der Waals surface area (Å²) in [6.07, 6.45) is 0. The first-order valence-corrected chi connectivity index (χ1v) is 9.26. The van der Waals surface area contributed by atoms with Crippen LogP contribution in [0.15, 0.2) is 65.6 Å². The summed E-state index contributed by atoms with van der Waals surface area (Å²) < 4.78 is 0. The van der Waals surface area contributed by atoms with Gasteiger partial charge >= 0.3 is 0 Å². The second-order valence-electron chi connectivity index (χ2n) is 7.48. The summed E-state index contributed by atoms with van der Waals surface area (Å²) in [5.41, 5.74) is 4.70. The van der Waals surface area contributed by atoms with Gasteiger partial charge in [-0.3, -0.25) is 0 Å². The molecule has 4 rings (SSSR count). The highest BCUT2D eigenvalue weighted by atomic mass is 32.2. The molecule has 3 aromatic carbocycles. The molecule has 0 spiro atoms. The Morgan fingerprint density at radius 2 is 1.57 bits per heavy atom. The van der Waals surface area contributed by atoms with E-state index in [1.54, 1.807) is 0 Å². The number of benzene rings is 3. The average molecular weight is 318 g/mol. The quantitative estimate of drug-likeness (QED) is 0.448. The van der Waals surface area contributed by atoms with E-state index in [1.807, 2.05) is 11.8 Å². The zero-order chi connectivity index (χ0) is 16.0. The summed E-state index contributed by atoms with van der Waals surface area (Å²) in [6, 6.07) is 22.4. The van der Waals surface area contributed by atoms with Crippen LogP contribution in [0.3, 0.4) is 0 Å². The summed E-state index contributed by atoms with van der Waals surface area (Å²) in [7, 11) is 0. The molecule has 1 unspecified atom stereocenters. The van der Waals surface area contributed by atoms with E-state index in [9.17, 15) is 0 Å². The van der Waals surface area contributed by atoms with Gasteiger partial charge in [0.05, 0.1) is 0 Å². The van der Waals surface area contributed by atoms with Crippen molar-refractivity contribution in [2.24, 2.45) is 5.41 Å². The Morgan fingerprint density at radius 3 is 2.39 bits per heavy atom. The molecule has 0 aliphatic carbocycles. The van der Waals surface area contributed by atoms with Gasteiger partial charge in [0.2, 0.25) is 0 Å². The van der Waals surface area contributed by atoms with Gasteiger partial charge in [-0.25, -0.2) is 0 Å². The van der Waals surface area contributed by atoms with Crippen molar-refractivity contribution in [3.63, 3.8) is 0 Å². The Balaban J connectivity index is 2.04. The highest BCUT2D eigenvalue weighted by Gasteiger charge is 2.33. The van der Waals surface area contributed by atoms with Crippen molar-refractivity contribution in [3.05, 3.63) is 77.4 Å². The Bertz CT molecular complexity index is 871.